The fraction of sp³-hybridized carbons (Fsp3) is 0.318. The van der Waals surface area contributed by atoms with Gasteiger partial charge in [0.1, 0.15) is 18.2 Å². The molecule has 162 valence electrons. The summed E-state index contributed by atoms with van der Waals surface area (Å²) in [6, 6.07) is 9.04. The number of H-pyrrole nitrogens is 1. The van der Waals surface area contributed by atoms with Crippen LogP contribution in [0.15, 0.2) is 46.9 Å². The van der Waals surface area contributed by atoms with Gasteiger partial charge in [-0.05, 0) is 55.0 Å². The van der Waals surface area contributed by atoms with E-state index < -0.39 is 0 Å². The van der Waals surface area contributed by atoms with Crippen LogP contribution in [0.1, 0.15) is 22.1 Å². The van der Waals surface area contributed by atoms with Crippen LogP contribution in [0, 0.1) is 12.7 Å². The molecule has 0 aliphatic carbocycles. The Kier molecular flexibility index (Phi) is 6.61. The van der Waals surface area contributed by atoms with Gasteiger partial charge in [-0.3, -0.25) is 0 Å². The molecule has 31 heavy (non-hydrogen) atoms. The number of halogens is 1. The van der Waals surface area contributed by atoms with Crippen molar-refractivity contribution in [3.63, 3.8) is 0 Å². The van der Waals surface area contributed by atoms with Gasteiger partial charge in [0.25, 0.3) is 0 Å². The normalized spacial score (nSPS) is 11.9. The fourth-order valence-electron chi connectivity index (χ4n) is 3.35. The largest absolute Gasteiger partial charge is 0.361 e. The Labute approximate surface area is 184 Å². The summed E-state index contributed by atoms with van der Waals surface area (Å²) in [5, 5.41) is 18.2. The summed E-state index contributed by atoms with van der Waals surface area (Å²) in [7, 11) is 1.94. The molecule has 3 N–H and O–H groups in total. The molecule has 1 aromatic carbocycles. The number of rotatable bonds is 8. The van der Waals surface area contributed by atoms with Crippen LogP contribution in [0.25, 0.3) is 10.9 Å². The summed E-state index contributed by atoms with van der Waals surface area (Å²) in [6.45, 7) is 3.85. The van der Waals surface area contributed by atoms with E-state index in [1.807, 2.05) is 30.8 Å². The van der Waals surface area contributed by atoms with E-state index in [-0.39, 0.29) is 5.82 Å². The second kappa shape index (κ2) is 9.74. The summed E-state index contributed by atoms with van der Waals surface area (Å²) in [4.78, 5) is 9.17. The first-order chi connectivity index (χ1) is 15.1. The van der Waals surface area contributed by atoms with Crippen molar-refractivity contribution in [2.75, 3.05) is 13.1 Å². The standard InChI is InChI=1S/C22H26FN7S/c1-15-28-29-21(30(15)2)14-27-22(25-10-8-18-4-3-11-31-18)24-9-7-16-13-26-20-12-17(23)5-6-19(16)20/h3-6,11-13,26H,7-10,14H2,1-2H3,(H2,24,25,27). The molecule has 0 unspecified atom stereocenters. The van der Waals surface area contributed by atoms with Crippen molar-refractivity contribution in [2.45, 2.75) is 26.3 Å². The molecule has 0 fully saturated rings. The van der Waals surface area contributed by atoms with Gasteiger partial charge in [-0.15, -0.1) is 21.5 Å². The van der Waals surface area contributed by atoms with Crippen LogP contribution >= 0.6 is 11.3 Å². The summed E-state index contributed by atoms with van der Waals surface area (Å²) >= 11 is 1.76. The number of hydrogen-bond donors (Lipinski definition) is 3. The lowest BCUT2D eigenvalue weighted by Gasteiger charge is -2.12. The Morgan fingerprint density at radius 3 is 2.77 bits per heavy atom. The number of nitrogens with one attached hydrogen (secondary N) is 3. The predicted molar refractivity (Wildman–Crippen MR) is 123 cm³/mol. The van der Waals surface area contributed by atoms with Crippen LogP contribution in [0.3, 0.4) is 0 Å². The van der Waals surface area contributed by atoms with E-state index in [4.69, 9.17) is 4.99 Å². The molecule has 4 aromatic rings. The van der Waals surface area contributed by atoms with Crippen molar-refractivity contribution in [1.82, 2.24) is 30.4 Å². The highest BCUT2D eigenvalue weighted by atomic mass is 32.1. The Morgan fingerprint density at radius 1 is 1.19 bits per heavy atom. The number of hydrogen-bond acceptors (Lipinski definition) is 4. The van der Waals surface area contributed by atoms with Crippen molar-refractivity contribution in [1.29, 1.82) is 0 Å². The van der Waals surface area contributed by atoms with E-state index in [1.165, 1.54) is 17.0 Å². The van der Waals surface area contributed by atoms with Gasteiger partial charge in [0, 0.05) is 42.1 Å². The summed E-state index contributed by atoms with van der Waals surface area (Å²) < 4.78 is 15.4. The molecule has 7 nitrogen and oxygen atoms in total. The van der Waals surface area contributed by atoms with E-state index in [9.17, 15) is 4.39 Å². The maximum atomic E-state index is 13.4. The molecule has 0 atom stereocenters. The fourth-order valence-corrected chi connectivity index (χ4v) is 4.06. The number of nitrogens with zero attached hydrogens (tertiary/aromatic N) is 4. The minimum Gasteiger partial charge on any atom is -0.361 e. The Bertz CT molecular complexity index is 1160. The average Bonchev–Trinajstić information content (AvgIpc) is 3.49. The molecule has 0 saturated heterocycles. The van der Waals surface area contributed by atoms with Crippen LogP contribution in [-0.2, 0) is 26.4 Å². The van der Waals surface area contributed by atoms with E-state index in [2.05, 4.69) is 43.3 Å². The van der Waals surface area contributed by atoms with Crippen molar-refractivity contribution in [3.05, 3.63) is 69.8 Å². The van der Waals surface area contributed by atoms with Gasteiger partial charge in [-0.1, -0.05) is 6.07 Å². The van der Waals surface area contributed by atoms with Crippen LogP contribution in [0.5, 0.6) is 0 Å². The third-order valence-corrected chi connectivity index (χ3v) is 6.16. The van der Waals surface area contributed by atoms with Gasteiger partial charge >= 0.3 is 0 Å². The lowest BCUT2D eigenvalue weighted by molar-refractivity contribution is 0.629. The molecule has 0 saturated carbocycles. The number of benzene rings is 1. The zero-order valence-electron chi connectivity index (χ0n) is 17.7. The topological polar surface area (TPSA) is 82.9 Å². The zero-order chi connectivity index (χ0) is 21.6. The molecule has 4 rings (SSSR count). The van der Waals surface area contributed by atoms with Crippen LogP contribution < -0.4 is 10.6 Å². The van der Waals surface area contributed by atoms with Crippen LogP contribution in [0.4, 0.5) is 4.39 Å². The predicted octanol–water partition coefficient (Wildman–Crippen LogP) is 3.33. The van der Waals surface area contributed by atoms with Gasteiger partial charge in [0.05, 0.1) is 0 Å². The number of guanidine groups is 1. The third kappa shape index (κ3) is 5.29. The smallest absolute Gasteiger partial charge is 0.191 e. The first-order valence-electron chi connectivity index (χ1n) is 10.2. The van der Waals surface area contributed by atoms with E-state index in [1.54, 1.807) is 11.3 Å². The second-order valence-corrected chi connectivity index (χ2v) is 8.36. The number of fused-ring (bicyclic) bond motifs is 1. The minimum atomic E-state index is -0.234. The van der Waals surface area contributed by atoms with Crippen LogP contribution in [0.2, 0.25) is 0 Å². The first kappa shape index (κ1) is 21.0. The lowest BCUT2D eigenvalue weighted by atomic mass is 10.1. The molecule has 0 aliphatic heterocycles. The van der Waals surface area contributed by atoms with Gasteiger partial charge in [-0.25, -0.2) is 9.38 Å². The van der Waals surface area contributed by atoms with Gasteiger partial charge in [0.2, 0.25) is 0 Å². The molecular formula is C22H26FN7S. The quantitative estimate of drug-likeness (QED) is 0.291. The molecule has 0 radical (unpaired) electrons. The lowest BCUT2D eigenvalue weighted by Crippen LogP contribution is -2.39. The average molecular weight is 440 g/mol. The maximum absolute atomic E-state index is 13.4. The number of aryl methyl sites for hydroxylation is 1. The SMILES string of the molecule is Cc1nnc(CN=C(NCCc2cccs2)NCCc2c[nH]c3cc(F)ccc23)n1C. The van der Waals surface area contributed by atoms with E-state index in [0.29, 0.717) is 13.1 Å². The molecule has 0 bridgehead atoms. The number of aromatic nitrogens is 4. The highest BCUT2D eigenvalue weighted by Crippen LogP contribution is 2.19. The molecule has 3 heterocycles. The van der Waals surface area contributed by atoms with Crippen molar-refractivity contribution in [3.8, 4) is 0 Å². The van der Waals surface area contributed by atoms with Gasteiger partial charge in [0.15, 0.2) is 11.8 Å². The maximum Gasteiger partial charge on any atom is 0.191 e. The molecular weight excluding hydrogens is 413 g/mol. The van der Waals surface area contributed by atoms with Gasteiger partial charge < -0.3 is 20.2 Å². The minimum absolute atomic E-state index is 0.234. The number of aliphatic imine (C=N–C) groups is 1. The summed E-state index contributed by atoms with van der Waals surface area (Å²) in [5.74, 6) is 2.18. The number of aromatic amines is 1. The van der Waals surface area contributed by atoms with Crippen molar-refractivity contribution >= 4 is 28.2 Å². The zero-order valence-corrected chi connectivity index (χ0v) is 18.5. The van der Waals surface area contributed by atoms with Crippen molar-refractivity contribution < 1.29 is 4.39 Å². The second-order valence-electron chi connectivity index (χ2n) is 7.32. The summed E-state index contributed by atoms with van der Waals surface area (Å²) in [6.07, 6.45) is 3.67. The Hall–Kier alpha value is -3.20. The molecule has 3 aromatic heterocycles. The first-order valence-corrected chi connectivity index (χ1v) is 11.1. The van der Waals surface area contributed by atoms with E-state index in [0.717, 1.165) is 53.5 Å². The molecule has 0 amide bonds. The Balaban J connectivity index is 1.38. The van der Waals surface area contributed by atoms with Crippen molar-refractivity contribution in [2.24, 2.45) is 12.0 Å². The monoisotopic (exact) mass is 439 g/mol. The summed E-state index contributed by atoms with van der Waals surface area (Å²) in [5.41, 5.74) is 1.96. The number of thiophene rings is 1. The third-order valence-electron chi connectivity index (χ3n) is 5.22. The highest BCUT2D eigenvalue weighted by molar-refractivity contribution is 7.09. The highest BCUT2D eigenvalue weighted by Gasteiger charge is 2.07. The van der Waals surface area contributed by atoms with E-state index >= 15 is 0 Å². The molecule has 0 spiro atoms. The van der Waals surface area contributed by atoms with Crippen LogP contribution in [-0.4, -0.2) is 38.8 Å². The molecule has 0 aliphatic rings. The molecule has 9 heteroatoms. The van der Waals surface area contributed by atoms with Gasteiger partial charge in [-0.2, -0.15) is 0 Å². The Morgan fingerprint density at radius 2 is 2.03 bits per heavy atom.